The van der Waals surface area contributed by atoms with Gasteiger partial charge in [0.25, 0.3) is 11.8 Å². The molecular weight excluding hydrogens is 332 g/mol. The highest BCUT2D eigenvalue weighted by Crippen LogP contribution is 2.31. The molecule has 2 amide bonds. The molecule has 2 aromatic carbocycles. The summed E-state index contributed by atoms with van der Waals surface area (Å²) in [5.41, 5.74) is 1.59. The monoisotopic (exact) mass is 354 g/mol. The molecule has 0 aliphatic carbocycles. The van der Waals surface area contributed by atoms with E-state index in [0.29, 0.717) is 54.6 Å². The van der Waals surface area contributed by atoms with Gasteiger partial charge in [-0.2, -0.15) is 0 Å². The first-order valence-corrected chi connectivity index (χ1v) is 8.72. The van der Waals surface area contributed by atoms with E-state index in [1.807, 2.05) is 13.8 Å². The minimum absolute atomic E-state index is 0.0505. The third-order valence-corrected chi connectivity index (χ3v) is 4.22. The molecule has 1 aliphatic rings. The fraction of sp³-hybridized carbons (Fsp3) is 0.300. The summed E-state index contributed by atoms with van der Waals surface area (Å²) in [4.78, 5) is 26.7. The van der Waals surface area contributed by atoms with Crippen molar-refractivity contribution in [3.63, 3.8) is 0 Å². The first kappa shape index (κ1) is 17.8. The van der Waals surface area contributed by atoms with Crippen LogP contribution in [-0.4, -0.2) is 43.0 Å². The van der Waals surface area contributed by atoms with Gasteiger partial charge in [-0.05, 0) is 50.2 Å². The van der Waals surface area contributed by atoms with Gasteiger partial charge < -0.3 is 19.7 Å². The molecule has 3 rings (SSSR count). The number of hydrogen-bond acceptors (Lipinski definition) is 4. The van der Waals surface area contributed by atoms with Gasteiger partial charge >= 0.3 is 0 Å². The Hall–Kier alpha value is -3.02. The highest BCUT2D eigenvalue weighted by molar-refractivity contribution is 6.05. The standard InChI is InChI=1S/C20H22N2O4/c1-3-22(4-2)20(24)15-6-5-7-16(12-15)21-19(23)14-8-9-17-18(13-14)26-11-10-25-17/h5-9,12-13H,3-4,10-11H2,1-2H3,(H,21,23). The highest BCUT2D eigenvalue weighted by Gasteiger charge is 2.16. The Morgan fingerprint density at radius 1 is 0.962 bits per heavy atom. The van der Waals surface area contributed by atoms with Crippen molar-refractivity contribution in [1.82, 2.24) is 4.90 Å². The Morgan fingerprint density at radius 2 is 1.69 bits per heavy atom. The lowest BCUT2D eigenvalue weighted by atomic mass is 10.1. The highest BCUT2D eigenvalue weighted by atomic mass is 16.6. The van der Waals surface area contributed by atoms with E-state index in [1.165, 1.54) is 0 Å². The Bertz CT molecular complexity index is 815. The third-order valence-electron chi connectivity index (χ3n) is 4.22. The van der Waals surface area contributed by atoms with Crippen LogP contribution >= 0.6 is 0 Å². The maximum Gasteiger partial charge on any atom is 0.255 e. The summed E-state index contributed by atoms with van der Waals surface area (Å²) >= 11 is 0. The molecule has 0 radical (unpaired) electrons. The number of ether oxygens (including phenoxy) is 2. The van der Waals surface area contributed by atoms with E-state index in [2.05, 4.69) is 5.32 Å². The van der Waals surface area contributed by atoms with Crippen molar-refractivity contribution in [2.75, 3.05) is 31.6 Å². The smallest absolute Gasteiger partial charge is 0.255 e. The number of carbonyl (C=O) groups excluding carboxylic acids is 2. The first-order chi connectivity index (χ1) is 12.6. The number of hydrogen-bond donors (Lipinski definition) is 1. The quantitative estimate of drug-likeness (QED) is 0.895. The second-order valence-corrected chi connectivity index (χ2v) is 5.87. The molecule has 2 aromatic rings. The van der Waals surface area contributed by atoms with Crippen molar-refractivity contribution < 1.29 is 19.1 Å². The van der Waals surface area contributed by atoms with Crippen LogP contribution < -0.4 is 14.8 Å². The van der Waals surface area contributed by atoms with Gasteiger partial charge in [-0.3, -0.25) is 9.59 Å². The van der Waals surface area contributed by atoms with Gasteiger partial charge in [-0.25, -0.2) is 0 Å². The van der Waals surface area contributed by atoms with Crippen molar-refractivity contribution in [3.8, 4) is 11.5 Å². The fourth-order valence-corrected chi connectivity index (χ4v) is 2.81. The fourth-order valence-electron chi connectivity index (χ4n) is 2.81. The van der Waals surface area contributed by atoms with Crippen molar-refractivity contribution in [3.05, 3.63) is 53.6 Å². The molecule has 136 valence electrons. The van der Waals surface area contributed by atoms with Crippen LogP contribution in [0, 0.1) is 0 Å². The van der Waals surface area contributed by atoms with Crippen LogP contribution in [-0.2, 0) is 0 Å². The molecule has 1 aliphatic heterocycles. The first-order valence-electron chi connectivity index (χ1n) is 8.72. The van der Waals surface area contributed by atoms with E-state index in [9.17, 15) is 9.59 Å². The van der Waals surface area contributed by atoms with Gasteiger partial charge in [0.15, 0.2) is 11.5 Å². The molecule has 0 spiro atoms. The topological polar surface area (TPSA) is 67.9 Å². The summed E-state index contributed by atoms with van der Waals surface area (Å²) in [6, 6.07) is 12.0. The molecular formula is C20H22N2O4. The Balaban J connectivity index is 1.75. The lowest BCUT2D eigenvalue weighted by Gasteiger charge is -2.19. The molecule has 0 atom stereocenters. The summed E-state index contributed by atoms with van der Waals surface area (Å²) in [5.74, 6) is 0.883. The minimum Gasteiger partial charge on any atom is -0.486 e. The maximum atomic E-state index is 12.5. The molecule has 6 heteroatoms. The number of fused-ring (bicyclic) bond motifs is 1. The molecule has 0 bridgehead atoms. The minimum atomic E-state index is -0.269. The lowest BCUT2D eigenvalue weighted by Crippen LogP contribution is -2.30. The molecule has 6 nitrogen and oxygen atoms in total. The number of anilines is 1. The predicted molar refractivity (Wildman–Crippen MR) is 99.1 cm³/mol. The second kappa shape index (κ2) is 7.91. The van der Waals surface area contributed by atoms with E-state index < -0.39 is 0 Å². The number of nitrogens with zero attached hydrogens (tertiary/aromatic N) is 1. The summed E-state index contributed by atoms with van der Waals surface area (Å²) in [6.07, 6.45) is 0. The summed E-state index contributed by atoms with van der Waals surface area (Å²) in [7, 11) is 0. The molecule has 1 heterocycles. The molecule has 0 saturated carbocycles. The zero-order valence-electron chi connectivity index (χ0n) is 15.0. The Labute approximate surface area is 152 Å². The van der Waals surface area contributed by atoms with Gasteiger partial charge in [0.2, 0.25) is 0 Å². The zero-order chi connectivity index (χ0) is 18.5. The van der Waals surface area contributed by atoms with Crippen molar-refractivity contribution in [2.45, 2.75) is 13.8 Å². The summed E-state index contributed by atoms with van der Waals surface area (Å²) in [6.45, 7) is 6.13. The van der Waals surface area contributed by atoms with Gasteiger partial charge in [-0.15, -0.1) is 0 Å². The van der Waals surface area contributed by atoms with Crippen molar-refractivity contribution in [1.29, 1.82) is 0 Å². The summed E-state index contributed by atoms with van der Waals surface area (Å²) < 4.78 is 11.0. The number of benzene rings is 2. The lowest BCUT2D eigenvalue weighted by molar-refractivity contribution is 0.0772. The van der Waals surface area contributed by atoms with Crippen molar-refractivity contribution in [2.24, 2.45) is 0 Å². The number of amides is 2. The number of carbonyl (C=O) groups is 2. The number of rotatable bonds is 5. The van der Waals surface area contributed by atoms with Crippen LogP contribution in [0.4, 0.5) is 5.69 Å². The van der Waals surface area contributed by atoms with E-state index in [-0.39, 0.29) is 11.8 Å². The molecule has 0 unspecified atom stereocenters. The molecule has 26 heavy (non-hydrogen) atoms. The molecule has 0 saturated heterocycles. The normalized spacial score (nSPS) is 12.4. The second-order valence-electron chi connectivity index (χ2n) is 5.87. The van der Waals surface area contributed by atoms with E-state index in [1.54, 1.807) is 47.4 Å². The van der Waals surface area contributed by atoms with Crippen LogP contribution in [0.1, 0.15) is 34.6 Å². The summed E-state index contributed by atoms with van der Waals surface area (Å²) in [5, 5.41) is 2.83. The largest absolute Gasteiger partial charge is 0.486 e. The molecule has 0 aromatic heterocycles. The third kappa shape index (κ3) is 3.79. The average molecular weight is 354 g/mol. The van der Waals surface area contributed by atoms with E-state index >= 15 is 0 Å². The molecule has 0 fully saturated rings. The van der Waals surface area contributed by atoms with Crippen molar-refractivity contribution >= 4 is 17.5 Å². The van der Waals surface area contributed by atoms with Gasteiger partial charge in [0, 0.05) is 29.9 Å². The van der Waals surface area contributed by atoms with Crippen LogP contribution in [0.5, 0.6) is 11.5 Å². The van der Waals surface area contributed by atoms with Gasteiger partial charge in [0.05, 0.1) is 0 Å². The van der Waals surface area contributed by atoms with Gasteiger partial charge in [-0.1, -0.05) is 6.07 Å². The van der Waals surface area contributed by atoms with Gasteiger partial charge in [0.1, 0.15) is 13.2 Å². The Morgan fingerprint density at radius 3 is 2.42 bits per heavy atom. The zero-order valence-corrected chi connectivity index (χ0v) is 15.0. The van der Waals surface area contributed by atoms with Crippen LogP contribution in [0.3, 0.4) is 0 Å². The predicted octanol–water partition coefficient (Wildman–Crippen LogP) is 3.19. The average Bonchev–Trinajstić information content (AvgIpc) is 2.68. The maximum absolute atomic E-state index is 12.5. The Kier molecular flexibility index (Phi) is 5.41. The number of nitrogens with one attached hydrogen (secondary N) is 1. The van der Waals surface area contributed by atoms with E-state index in [0.717, 1.165) is 0 Å². The van der Waals surface area contributed by atoms with Crippen LogP contribution in [0.25, 0.3) is 0 Å². The van der Waals surface area contributed by atoms with Crippen LogP contribution in [0.15, 0.2) is 42.5 Å². The SMILES string of the molecule is CCN(CC)C(=O)c1cccc(NC(=O)c2ccc3c(c2)OCCO3)c1. The van der Waals surface area contributed by atoms with E-state index in [4.69, 9.17) is 9.47 Å². The van der Waals surface area contributed by atoms with Crippen LogP contribution in [0.2, 0.25) is 0 Å². The molecule has 1 N–H and O–H groups in total.